The van der Waals surface area contributed by atoms with Gasteiger partial charge in [-0.3, -0.25) is 0 Å². The molecule has 6 heteroatoms. The van der Waals surface area contributed by atoms with E-state index in [0.29, 0.717) is 23.9 Å². The zero-order valence-electron chi connectivity index (χ0n) is 11.1. The Morgan fingerprint density at radius 1 is 1.37 bits per heavy atom. The lowest BCUT2D eigenvalue weighted by Crippen LogP contribution is -2.08. The van der Waals surface area contributed by atoms with Crippen LogP contribution in [-0.4, -0.2) is 21.3 Å². The van der Waals surface area contributed by atoms with Gasteiger partial charge < -0.3 is 15.0 Å². The van der Waals surface area contributed by atoms with Crippen LogP contribution in [0.5, 0.6) is 5.75 Å². The quantitative estimate of drug-likeness (QED) is 0.908. The Labute approximate surface area is 117 Å². The highest BCUT2D eigenvalue weighted by atomic mass is 35.5. The molecule has 2 rings (SSSR count). The molecule has 1 heterocycles. The minimum atomic E-state index is 0.332. The van der Waals surface area contributed by atoms with Gasteiger partial charge in [-0.25, -0.2) is 0 Å². The van der Waals surface area contributed by atoms with Crippen molar-refractivity contribution in [2.45, 2.75) is 20.0 Å². The highest BCUT2D eigenvalue weighted by molar-refractivity contribution is 6.32. The largest absolute Gasteiger partial charge is 0.484 e. The lowest BCUT2D eigenvalue weighted by atomic mass is 10.1. The monoisotopic (exact) mass is 280 g/mol. The van der Waals surface area contributed by atoms with Crippen molar-refractivity contribution in [2.75, 3.05) is 6.54 Å². The summed E-state index contributed by atoms with van der Waals surface area (Å²) in [6.07, 6.45) is 0.730. The van der Waals surface area contributed by atoms with Crippen LogP contribution in [0.1, 0.15) is 17.2 Å². The zero-order valence-corrected chi connectivity index (χ0v) is 11.8. The SMILES string of the molecule is Cc1nnc(COc2c(Cl)cccc2CCN)n1C. The van der Waals surface area contributed by atoms with Crippen molar-refractivity contribution >= 4 is 11.6 Å². The number of nitrogens with zero attached hydrogens (tertiary/aromatic N) is 3. The summed E-state index contributed by atoms with van der Waals surface area (Å²) in [4.78, 5) is 0. The van der Waals surface area contributed by atoms with Gasteiger partial charge in [-0.1, -0.05) is 23.7 Å². The predicted octanol–water partition coefficient (Wildman–Crippen LogP) is 1.86. The molecule has 0 unspecified atom stereocenters. The number of aromatic nitrogens is 3. The Hall–Kier alpha value is -1.59. The second kappa shape index (κ2) is 6.04. The highest BCUT2D eigenvalue weighted by Gasteiger charge is 2.11. The Morgan fingerprint density at radius 3 is 2.79 bits per heavy atom. The normalized spacial score (nSPS) is 10.7. The van der Waals surface area contributed by atoms with Crippen molar-refractivity contribution in [3.05, 3.63) is 40.4 Å². The maximum Gasteiger partial charge on any atom is 0.170 e. The van der Waals surface area contributed by atoms with E-state index in [4.69, 9.17) is 22.1 Å². The molecule has 0 fully saturated rings. The Balaban J connectivity index is 2.17. The van der Waals surface area contributed by atoms with Gasteiger partial charge in [0.15, 0.2) is 5.82 Å². The number of hydrogen-bond acceptors (Lipinski definition) is 4. The predicted molar refractivity (Wildman–Crippen MR) is 74.3 cm³/mol. The van der Waals surface area contributed by atoms with Crippen LogP contribution in [0.15, 0.2) is 18.2 Å². The molecule has 5 nitrogen and oxygen atoms in total. The smallest absolute Gasteiger partial charge is 0.170 e. The summed E-state index contributed by atoms with van der Waals surface area (Å²) in [5.74, 6) is 2.28. The topological polar surface area (TPSA) is 66.0 Å². The van der Waals surface area contributed by atoms with Crippen LogP contribution in [0.25, 0.3) is 0 Å². The maximum atomic E-state index is 6.17. The molecule has 0 saturated heterocycles. The van der Waals surface area contributed by atoms with Gasteiger partial charge in [0.1, 0.15) is 18.2 Å². The van der Waals surface area contributed by atoms with Crippen molar-refractivity contribution in [3.63, 3.8) is 0 Å². The molecule has 0 atom stereocenters. The average molecular weight is 281 g/mol. The molecule has 0 aliphatic rings. The van der Waals surface area contributed by atoms with Gasteiger partial charge in [-0.05, 0) is 31.5 Å². The second-order valence-corrected chi connectivity index (χ2v) is 4.69. The standard InChI is InChI=1S/C13H17ClN4O/c1-9-16-17-12(18(9)2)8-19-13-10(6-7-15)4-3-5-11(13)14/h3-5H,6-8,15H2,1-2H3. The molecule has 102 valence electrons. The van der Waals surface area contributed by atoms with E-state index in [9.17, 15) is 0 Å². The van der Waals surface area contributed by atoms with Gasteiger partial charge in [0.2, 0.25) is 0 Å². The van der Waals surface area contributed by atoms with Gasteiger partial charge >= 0.3 is 0 Å². The van der Waals surface area contributed by atoms with Crippen LogP contribution < -0.4 is 10.5 Å². The summed E-state index contributed by atoms with van der Waals surface area (Å²) in [6.45, 7) is 2.78. The first kappa shape index (κ1) is 13.8. The molecular formula is C13H17ClN4O. The fraction of sp³-hybridized carbons (Fsp3) is 0.385. The molecule has 0 radical (unpaired) electrons. The molecule has 2 aromatic rings. The van der Waals surface area contributed by atoms with Gasteiger partial charge in [-0.15, -0.1) is 10.2 Å². The number of hydrogen-bond donors (Lipinski definition) is 1. The summed E-state index contributed by atoms with van der Waals surface area (Å²) in [7, 11) is 1.90. The Morgan fingerprint density at radius 2 is 2.16 bits per heavy atom. The van der Waals surface area contributed by atoms with Crippen LogP contribution in [0.3, 0.4) is 0 Å². The van der Waals surface area contributed by atoms with Crippen LogP contribution in [0, 0.1) is 6.92 Å². The number of ether oxygens (including phenoxy) is 1. The van der Waals surface area contributed by atoms with E-state index in [2.05, 4.69) is 10.2 Å². The van der Waals surface area contributed by atoms with Crippen molar-refractivity contribution in [3.8, 4) is 5.75 Å². The van der Waals surface area contributed by atoms with E-state index in [1.807, 2.05) is 30.7 Å². The first-order chi connectivity index (χ1) is 9.13. The van der Waals surface area contributed by atoms with Crippen molar-refractivity contribution in [1.29, 1.82) is 0 Å². The van der Waals surface area contributed by atoms with Crippen molar-refractivity contribution < 1.29 is 4.74 Å². The lowest BCUT2D eigenvalue weighted by molar-refractivity contribution is 0.288. The van der Waals surface area contributed by atoms with E-state index < -0.39 is 0 Å². The zero-order chi connectivity index (χ0) is 13.8. The molecule has 1 aromatic carbocycles. The van der Waals surface area contributed by atoms with Gasteiger partial charge in [0.05, 0.1) is 5.02 Å². The lowest BCUT2D eigenvalue weighted by Gasteiger charge is -2.12. The second-order valence-electron chi connectivity index (χ2n) is 4.28. The summed E-state index contributed by atoms with van der Waals surface area (Å²) < 4.78 is 7.68. The third-order valence-electron chi connectivity index (χ3n) is 2.99. The molecule has 1 aromatic heterocycles. The molecule has 19 heavy (non-hydrogen) atoms. The first-order valence-electron chi connectivity index (χ1n) is 6.08. The van der Waals surface area contributed by atoms with Crippen molar-refractivity contribution in [2.24, 2.45) is 12.8 Å². The summed E-state index contributed by atoms with van der Waals surface area (Å²) in [5, 5.41) is 8.63. The maximum absolute atomic E-state index is 6.17. The van der Waals surface area contributed by atoms with Crippen LogP contribution in [-0.2, 0) is 20.1 Å². The van der Waals surface area contributed by atoms with Crippen LogP contribution in [0.2, 0.25) is 5.02 Å². The number of benzene rings is 1. The third kappa shape index (κ3) is 3.05. The van der Waals surface area contributed by atoms with E-state index in [1.54, 1.807) is 6.07 Å². The Kier molecular flexibility index (Phi) is 4.39. The van der Waals surface area contributed by atoms with Gasteiger partial charge in [0.25, 0.3) is 0 Å². The molecule has 0 aliphatic carbocycles. The summed E-state index contributed by atoms with van der Waals surface area (Å²) >= 11 is 6.17. The molecule has 0 saturated carbocycles. The van der Waals surface area contributed by atoms with Gasteiger partial charge in [-0.2, -0.15) is 0 Å². The molecule has 0 spiro atoms. The number of rotatable bonds is 5. The Bertz CT molecular complexity index is 568. The van der Waals surface area contributed by atoms with Crippen LogP contribution in [0.4, 0.5) is 0 Å². The summed E-state index contributed by atoms with van der Waals surface area (Å²) in [6, 6.07) is 5.67. The highest BCUT2D eigenvalue weighted by Crippen LogP contribution is 2.29. The van der Waals surface area contributed by atoms with E-state index in [-0.39, 0.29) is 0 Å². The number of aryl methyl sites for hydroxylation is 1. The minimum absolute atomic E-state index is 0.332. The molecule has 2 N–H and O–H groups in total. The molecule has 0 aliphatic heterocycles. The van der Waals surface area contributed by atoms with E-state index >= 15 is 0 Å². The average Bonchev–Trinajstić information content (AvgIpc) is 2.70. The third-order valence-corrected chi connectivity index (χ3v) is 3.29. The van der Waals surface area contributed by atoms with E-state index in [0.717, 1.165) is 23.6 Å². The fourth-order valence-electron chi connectivity index (χ4n) is 1.78. The van der Waals surface area contributed by atoms with Crippen molar-refractivity contribution in [1.82, 2.24) is 14.8 Å². The number of para-hydroxylation sites is 1. The molecule has 0 amide bonds. The number of halogens is 1. The fourth-order valence-corrected chi connectivity index (χ4v) is 2.03. The van der Waals surface area contributed by atoms with Crippen LogP contribution >= 0.6 is 11.6 Å². The van der Waals surface area contributed by atoms with Gasteiger partial charge in [0, 0.05) is 7.05 Å². The first-order valence-corrected chi connectivity index (χ1v) is 6.46. The minimum Gasteiger partial charge on any atom is -0.484 e. The van der Waals surface area contributed by atoms with E-state index in [1.165, 1.54) is 0 Å². The molecule has 0 bridgehead atoms. The molecular weight excluding hydrogens is 264 g/mol. The number of nitrogens with two attached hydrogens (primary N) is 1. The summed E-state index contributed by atoms with van der Waals surface area (Å²) in [5.41, 5.74) is 6.60.